The van der Waals surface area contributed by atoms with E-state index in [9.17, 15) is 4.79 Å². The van der Waals surface area contributed by atoms with Crippen LogP contribution in [-0.2, 0) is 11.2 Å². The Morgan fingerprint density at radius 2 is 2.31 bits per heavy atom. The third-order valence-electron chi connectivity index (χ3n) is 1.35. The minimum Gasteiger partial charge on any atom is -0.481 e. The van der Waals surface area contributed by atoms with E-state index in [1.165, 1.54) is 0 Å². The smallest absolute Gasteiger partial charge is 0.303 e. The van der Waals surface area contributed by atoms with Gasteiger partial charge in [0.2, 0.25) is 0 Å². The summed E-state index contributed by atoms with van der Waals surface area (Å²) in [5, 5.41) is 7.91. The van der Waals surface area contributed by atoms with Crippen LogP contribution in [0.3, 0.4) is 0 Å². The average Bonchev–Trinajstić information content (AvgIpc) is 2.56. The molecule has 1 aromatic rings. The predicted octanol–water partition coefficient (Wildman–Crippen LogP) is 1.84. The number of nitrogens with zero attached hydrogens (tertiary/aromatic N) is 1. The molecule has 0 aliphatic rings. The number of aliphatic carboxylic acids is 1. The lowest BCUT2D eigenvalue weighted by atomic mass is 10.4. The zero-order chi connectivity index (χ0) is 10.1. The Bertz CT molecular complexity index is 220. The second-order valence-electron chi connectivity index (χ2n) is 2.53. The summed E-state index contributed by atoms with van der Waals surface area (Å²) in [6.07, 6.45) is 5.61. The zero-order valence-corrected chi connectivity index (χ0v) is 8.08. The lowest BCUT2D eigenvalue weighted by Crippen LogP contribution is -1.90. The molecule has 0 aromatic carbocycles. The first-order chi connectivity index (χ1) is 6.20. The average molecular weight is 184 g/mol. The van der Waals surface area contributed by atoms with Gasteiger partial charge in [0.05, 0.1) is 0 Å². The van der Waals surface area contributed by atoms with Gasteiger partial charge in [-0.3, -0.25) is 4.79 Å². The highest BCUT2D eigenvalue weighted by Crippen LogP contribution is 1.85. The van der Waals surface area contributed by atoms with Gasteiger partial charge in [-0.1, -0.05) is 13.8 Å². The van der Waals surface area contributed by atoms with Gasteiger partial charge >= 0.3 is 5.97 Å². The maximum Gasteiger partial charge on any atom is 0.303 e. The number of hydrogen-bond acceptors (Lipinski definition) is 2. The van der Waals surface area contributed by atoms with Crippen molar-refractivity contribution in [1.82, 2.24) is 9.97 Å². The first kappa shape index (κ1) is 11.7. The number of H-pyrrole nitrogens is 1. The first-order valence-electron chi connectivity index (χ1n) is 4.40. The number of aryl methyl sites for hydroxylation is 1. The van der Waals surface area contributed by atoms with Gasteiger partial charge in [0.1, 0.15) is 5.82 Å². The number of imidazole rings is 1. The summed E-state index contributed by atoms with van der Waals surface area (Å²) in [6, 6.07) is 0. The number of hydrogen-bond donors (Lipinski definition) is 2. The summed E-state index contributed by atoms with van der Waals surface area (Å²) >= 11 is 0. The third kappa shape index (κ3) is 7.05. The maximum atomic E-state index is 9.60. The largest absolute Gasteiger partial charge is 0.481 e. The van der Waals surface area contributed by atoms with Crippen molar-refractivity contribution in [1.29, 1.82) is 0 Å². The van der Waals surface area contributed by atoms with Crippen LogP contribution in [0.1, 0.15) is 32.5 Å². The first-order valence-corrected chi connectivity index (χ1v) is 4.40. The highest BCUT2D eigenvalue weighted by Gasteiger charge is 1.87. The fourth-order valence-corrected chi connectivity index (χ4v) is 0.705. The maximum absolute atomic E-state index is 9.60. The molecule has 4 nitrogen and oxygen atoms in total. The monoisotopic (exact) mass is 184 g/mol. The molecule has 0 amide bonds. The Morgan fingerprint density at radius 3 is 2.46 bits per heavy atom. The minimum absolute atomic E-state index is 0.292. The summed E-state index contributed by atoms with van der Waals surface area (Å²) in [6.45, 7) is 3.91. The van der Waals surface area contributed by atoms with Crippen molar-refractivity contribution in [2.45, 2.75) is 33.1 Å². The number of aromatic nitrogens is 2. The van der Waals surface area contributed by atoms with Crippen LogP contribution in [-0.4, -0.2) is 21.0 Å². The molecule has 0 fully saturated rings. The van der Waals surface area contributed by atoms with Gasteiger partial charge in [-0.05, 0) is 6.42 Å². The quantitative estimate of drug-likeness (QED) is 0.753. The molecule has 0 aliphatic heterocycles. The van der Waals surface area contributed by atoms with Crippen molar-refractivity contribution >= 4 is 5.97 Å². The molecule has 1 heterocycles. The Kier molecular flexibility index (Phi) is 6.59. The molecular weight excluding hydrogens is 168 g/mol. The normalized spacial score (nSPS) is 8.77. The fourth-order valence-electron chi connectivity index (χ4n) is 0.705. The Hall–Kier alpha value is -1.32. The van der Waals surface area contributed by atoms with E-state index in [4.69, 9.17) is 5.11 Å². The van der Waals surface area contributed by atoms with Crippen molar-refractivity contribution in [2.24, 2.45) is 0 Å². The number of rotatable bonds is 3. The summed E-state index contributed by atoms with van der Waals surface area (Å²) in [7, 11) is 0. The molecule has 0 saturated heterocycles. The van der Waals surface area contributed by atoms with Crippen LogP contribution < -0.4 is 0 Å². The molecule has 1 rings (SSSR count). The van der Waals surface area contributed by atoms with E-state index in [1.807, 2.05) is 13.1 Å². The van der Waals surface area contributed by atoms with E-state index in [0.29, 0.717) is 6.42 Å². The second kappa shape index (κ2) is 7.34. The van der Waals surface area contributed by atoms with Crippen LogP contribution in [0.4, 0.5) is 0 Å². The summed E-state index contributed by atoms with van der Waals surface area (Å²) in [4.78, 5) is 16.6. The van der Waals surface area contributed by atoms with E-state index in [1.54, 1.807) is 6.20 Å². The summed E-state index contributed by atoms with van der Waals surface area (Å²) in [5.74, 6) is 0.345. The summed E-state index contributed by atoms with van der Waals surface area (Å²) < 4.78 is 0. The van der Waals surface area contributed by atoms with Crippen LogP contribution in [0.5, 0.6) is 0 Å². The molecule has 0 unspecified atom stereocenters. The van der Waals surface area contributed by atoms with Gasteiger partial charge < -0.3 is 10.1 Å². The molecule has 4 heteroatoms. The molecule has 0 radical (unpaired) electrons. The van der Waals surface area contributed by atoms with Crippen molar-refractivity contribution < 1.29 is 9.90 Å². The second-order valence-corrected chi connectivity index (χ2v) is 2.53. The van der Waals surface area contributed by atoms with Crippen LogP contribution in [0.15, 0.2) is 12.4 Å². The Balaban J connectivity index is 0.000000226. The molecule has 74 valence electrons. The highest BCUT2D eigenvalue weighted by atomic mass is 16.4. The van der Waals surface area contributed by atoms with Crippen LogP contribution >= 0.6 is 0 Å². The molecule has 0 saturated carbocycles. The SMILES string of the molecule is CCCC(=O)O.CCc1ncc[nH]1. The topological polar surface area (TPSA) is 66.0 Å². The van der Waals surface area contributed by atoms with Gasteiger partial charge in [0.15, 0.2) is 0 Å². The standard InChI is InChI=1S/C5H8N2.C4H8O2/c1-2-5-6-3-4-7-5;1-2-3-4(5)6/h3-4H,2H2,1H3,(H,6,7);2-3H2,1H3,(H,5,6). The van der Waals surface area contributed by atoms with E-state index in [0.717, 1.165) is 18.7 Å². The van der Waals surface area contributed by atoms with Crippen molar-refractivity contribution in [3.63, 3.8) is 0 Å². The van der Waals surface area contributed by atoms with E-state index < -0.39 is 5.97 Å². The number of aromatic amines is 1. The molecule has 13 heavy (non-hydrogen) atoms. The van der Waals surface area contributed by atoms with Gasteiger partial charge in [-0.2, -0.15) is 0 Å². The fraction of sp³-hybridized carbons (Fsp3) is 0.556. The Morgan fingerprint density at radius 1 is 1.62 bits per heavy atom. The molecule has 2 N–H and O–H groups in total. The molecule has 0 bridgehead atoms. The molecule has 0 atom stereocenters. The lowest BCUT2D eigenvalue weighted by molar-refractivity contribution is -0.137. The molecular formula is C9H16N2O2. The minimum atomic E-state index is -0.711. The molecule has 1 aromatic heterocycles. The van der Waals surface area contributed by atoms with Gasteiger partial charge in [0, 0.05) is 25.2 Å². The van der Waals surface area contributed by atoms with Crippen molar-refractivity contribution in [2.75, 3.05) is 0 Å². The van der Waals surface area contributed by atoms with Crippen LogP contribution in [0.25, 0.3) is 0 Å². The van der Waals surface area contributed by atoms with Gasteiger partial charge in [0.25, 0.3) is 0 Å². The van der Waals surface area contributed by atoms with E-state index in [2.05, 4.69) is 16.9 Å². The molecule has 0 aliphatic carbocycles. The Labute approximate surface area is 78.0 Å². The number of carboxylic acid groups (broad SMARTS) is 1. The van der Waals surface area contributed by atoms with Crippen molar-refractivity contribution in [3.8, 4) is 0 Å². The van der Waals surface area contributed by atoms with Crippen LogP contribution in [0, 0.1) is 0 Å². The lowest BCUT2D eigenvalue weighted by Gasteiger charge is -1.79. The van der Waals surface area contributed by atoms with Gasteiger partial charge in [-0.25, -0.2) is 4.98 Å². The summed E-state index contributed by atoms with van der Waals surface area (Å²) in [5.41, 5.74) is 0. The van der Waals surface area contributed by atoms with E-state index in [-0.39, 0.29) is 0 Å². The predicted molar refractivity (Wildman–Crippen MR) is 50.5 cm³/mol. The van der Waals surface area contributed by atoms with Gasteiger partial charge in [-0.15, -0.1) is 0 Å². The number of nitrogens with one attached hydrogen (secondary N) is 1. The van der Waals surface area contributed by atoms with E-state index >= 15 is 0 Å². The molecule has 0 spiro atoms. The number of carboxylic acids is 1. The number of carbonyl (C=O) groups is 1. The zero-order valence-electron chi connectivity index (χ0n) is 8.08. The third-order valence-corrected chi connectivity index (χ3v) is 1.35. The van der Waals surface area contributed by atoms with Crippen LogP contribution in [0.2, 0.25) is 0 Å². The highest BCUT2D eigenvalue weighted by molar-refractivity contribution is 5.66. The van der Waals surface area contributed by atoms with Crippen molar-refractivity contribution in [3.05, 3.63) is 18.2 Å².